The molecule has 0 aromatic heterocycles. The number of hydrogen-bond donors (Lipinski definition) is 0. The Hall–Kier alpha value is -2.32. The third-order valence-corrected chi connectivity index (χ3v) is 8.28. The van der Waals surface area contributed by atoms with Gasteiger partial charge in [0.2, 0.25) is 0 Å². The zero-order valence-corrected chi connectivity index (χ0v) is 22.7. The average molecular weight is 557 g/mol. The van der Waals surface area contributed by atoms with Gasteiger partial charge < -0.3 is 33.9 Å². The Kier molecular flexibility index (Phi) is 9.16. The largest absolute Gasteiger partial charge is 0.462 e. The molecule has 0 amide bonds. The summed E-state index contributed by atoms with van der Waals surface area (Å²) in [6, 6.07) is 0. The minimum Gasteiger partial charge on any atom is -0.462 e. The van der Waals surface area contributed by atoms with Crippen molar-refractivity contribution in [1.82, 2.24) is 9.80 Å². The highest BCUT2D eigenvalue weighted by atomic mass is 16.6. The molecule has 13 heteroatoms. The van der Waals surface area contributed by atoms with Crippen molar-refractivity contribution in [3.63, 3.8) is 0 Å². The number of esters is 4. The number of carbonyl (C=O) groups excluding carboxylic acids is 4. The Balaban J connectivity index is 0.000000176. The zero-order valence-electron chi connectivity index (χ0n) is 22.7. The molecule has 39 heavy (non-hydrogen) atoms. The summed E-state index contributed by atoms with van der Waals surface area (Å²) in [4.78, 5) is 52.3. The highest BCUT2D eigenvalue weighted by Crippen LogP contribution is 2.45. The van der Waals surface area contributed by atoms with E-state index >= 15 is 0 Å². The topological polar surface area (TPSA) is 162 Å². The van der Waals surface area contributed by atoms with E-state index in [4.69, 9.17) is 28.4 Å². The molecule has 220 valence electrons. The standard InChI is InChI=1S/2C13H19NO5.H2O/c2*1-9-6-13(11(15)18-9)7-10(19-12(13)16)8-14-2-4-17-5-3-14;/h2*9-10H,2-8H2,1H3;1H2. The van der Waals surface area contributed by atoms with Gasteiger partial charge in [-0.3, -0.25) is 29.0 Å². The van der Waals surface area contributed by atoms with E-state index in [2.05, 4.69) is 9.80 Å². The number of morpholine rings is 2. The number of carbonyl (C=O) groups is 4. The second-order valence-electron chi connectivity index (χ2n) is 11.3. The highest BCUT2D eigenvalue weighted by molar-refractivity contribution is 6.03. The molecule has 13 nitrogen and oxygen atoms in total. The molecule has 6 aliphatic heterocycles. The van der Waals surface area contributed by atoms with Gasteiger partial charge >= 0.3 is 23.9 Å². The van der Waals surface area contributed by atoms with Crippen LogP contribution in [0.5, 0.6) is 0 Å². The molecule has 6 unspecified atom stereocenters. The summed E-state index contributed by atoms with van der Waals surface area (Å²) in [5, 5.41) is 0. The van der Waals surface area contributed by atoms with Crippen LogP contribution in [0.3, 0.4) is 0 Å². The van der Waals surface area contributed by atoms with Crippen molar-refractivity contribution in [3.8, 4) is 0 Å². The van der Waals surface area contributed by atoms with Gasteiger partial charge in [0.05, 0.1) is 26.4 Å². The molecule has 6 fully saturated rings. The summed E-state index contributed by atoms with van der Waals surface area (Å²) in [6.07, 6.45) is 1.00. The minimum atomic E-state index is -1.03. The van der Waals surface area contributed by atoms with Crippen molar-refractivity contribution in [2.24, 2.45) is 10.8 Å². The first kappa shape index (κ1) is 29.7. The van der Waals surface area contributed by atoms with E-state index in [1.807, 2.05) is 13.8 Å². The number of cyclic esters (lactones) is 4. The average Bonchev–Trinajstić information content (AvgIpc) is 3.55. The predicted molar refractivity (Wildman–Crippen MR) is 132 cm³/mol. The fourth-order valence-corrected chi connectivity index (χ4v) is 6.39. The van der Waals surface area contributed by atoms with Crippen LogP contribution < -0.4 is 0 Å². The molecule has 2 spiro atoms. The maximum Gasteiger partial charge on any atom is 0.324 e. The van der Waals surface area contributed by atoms with Crippen LogP contribution in [-0.2, 0) is 47.6 Å². The van der Waals surface area contributed by atoms with E-state index in [0.717, 1.165) is 26.2 Å². The normalized spacial score (nSPS) is 38.6. The Morgan fingerprint density at radius 2 is 0.923 bits per heavy atom. The molecule has 6 saturated heterocycles. The Morgan fingerprint density at radius 1 is 0.590 bits per heavy atom. The van der Waals surface area contributed by atoms with Crippen LogP contribution in [0.1, 0.15) is 39.5 Å². The van der Waals surface area contributed by atoms with Gasteiger partial charge in [-0.05, 0) is 13.8 Å². The predicted octanol–water partition coefficient (Wildman–Crippen LogP) is -0.913. The van der Waals surface area contributed by atoms with Crippen LogP contribution in [0.15, 0.2) is 0 Å². The van der Waals surface area contributed by atoms with Crippen molar-refractivity contribution >= 4 is 23.9 Å². The van der Waals surface area contributed by atoms with Gasteiger partial charge in [0.15, 0.2) is 10.8 Å². The molecule has 0 aromatic carbocycles. The van der Waals surface area contributed by atoms with E-state index in [0.29, 0.717) is 65.2 Å². The molecule has 2 N–H and O–H groups in total. The van der Waals surface area contributed by atoms with Gasteiger partial charge in [0, 0.05) is 65.0 Å². The van der Waals surface area contributed by atoms with Crippen LogP contribution in [0.2, 0.25) is 0 Å². The van der Waals surface area contributed by atoms with Gasteiger partial charge in [0.25, 0.3) is 0 Å². The van der Waals surface area contributed by atoms with E-state index in [-0.39, 0.29) is 29.9 Å². The summed E-state index contributed by atoms with van der Waals surface area (Å²) < 4.78 is 31.6. The number of rotatable bonds is 4. The fraction of sp³-hybridized carbons (Fsp3) is 0.846. The fourth-order valence-electron chi connectivity index (χ4n) is 6.39. The number of hydrogen-bond acceptors (Lipinski definition) is 12. The molecule has 0 aromatic rings. The molecule has 0 bridgehead atoms. The van der Waals surface area contributed by atoms with Crippen molar-refractivity contribution in [2.45, 2.75) is 63.9 Å². The van der Waals surface area contributed by atoms with Gasteiger partial charge in [-0.15, -0.1) is 0 Å². The second kappa shape index (κ2) is 12.0. The summed E-state index contributed by atoms with van der Waals surface area (Å²) in [6.45, 7) is 11.2. The minimum absolute atomic E-state index is 0. The SMILES string of the molecule is CC1CC2(CC(CN3CCOCC3)OC2=O)C(=O)O1.CC1CC2(CC(CN3CCOCC3)OC2=O)C(=O)O1.O. The second-order valence-corrected chi connectivity index (χ2v) is 11.3. The van der Waals surface area contributed by atoms with Crippen LogP contribution in [0, 0.1) is 10.8 Å². The first-order valence-electron chi connectivity index (χ1n) is 13.6. The van der Waals surface area contributed by atoms with E-state index in [1.165, 1.54) is 0 Å². The lowest BCUT2D eigenvalue weighted by Crippen LogP contribution is -2.41. The first-order chi connectivity index (χ1) is 18.2. The highest BCUT2D eigenvalue weighted by Gasteiger charge is 2.61. The van der Waals surface area contributed by atoms with E-state index in [9.17, 15) is 19.2 Å². The van der Waals surface area contributed by atoms with Crippen molar-refractivity contribution in [3.05, 3.63) is 0 Å². The van der Waals surface area contributed by atoms with Gasteiger partial charge in [-0.25, -0.2) is 0 Å². The van der Waals surface area contributed by atoms with Crippen LogP contribution in [-0.4, -0.2) is 129 Å². The number of nitrogens with zero attached hydrogens (tertiary/aromatic N) is 2. The monoisotopic (exact) mass is 556 g/mol. The number of ether oxygens (including phenoxy) is 6. The molecule has 0 aliphatic carbocycles. The summed E-state index contributed by atoms with van der Waals surface area (Å²) in [5.41, 5.74) is -2.06. The molecule has 6 aliphatic rings. The molecular weight excluding hydrogens is 516 g/mol. The maximum absolute atomic E-state index is 12.0. The molecule has 6 heterocycles. The summed E-state index contributed by atoms with van der Waals surface area (Å²) >= 11 is 0. The lowest BCUT2D eigenvalue weighted by atomic mass is 9.82. The van der Waals surface area contributed by atoms with Crippen molar-refractivity contribution in [1.29, 1.82) is 0 Å². The molecule has 6 rings (SSSR count). The van der Waals surface area contributed by atoms with Gasteiger partial charge in [-0.2, -0.15) is 0 Å². The lowest BCUT2D eigenvalue weighted by Gasteiger charge is -2.28. The summed E-state index contributed by atoms with van der Waals surface area (Å²) in [5.74, 6) is -1.62. The lowest BCUT2D eigenvalue weighted by molar-refractivity contribution is -0.160. The van der Waals surface area contributed by atoms with Crippen molar-refractivity contribution in [2.75, 3.05) is 65.7 Å². The Morgan fingerprint density at radius 3 is 1.23 bits per heavy atom. The third kappa shape index (κ3) is 6.07. The van der Waals surface area contributed by atoms with Gasteiger partial charge in [0.1, 0.15) is 24.4 Å². The van der Waals surface area contributed by atoms with E-state index < -0.39 is 34.7 Å². The first-order valence-corrected chi connectivity index (χ1v) is 13.6. The molecule has 6 atom stereocenters. The molecule has 0 radical (unpaired) electrons. The third-order valence-electron chi connectivity index (χ3n) is 8.28. The van der Waals surface area contributed by atoms with E-state index in [1.54, 1.807) is 0 Å². The quantitative estimate of drug-likeness (QED) is 0.238. The molecular formula is C26H40N2O11. The zero-order chi connectivity index (χ0) is 26.9. The van der Waals surface area contributed by atoms with Crippen LogP contribution in [0.25, 0.3) is 0 Å². The van der Waals surface area contributed by atoms with Gasteiger partial charge in [-0.1, -0.05) is 0 Å². The Bertz CT molecular complexity index is 861. The van der Waals surface area contributed by atoms with Crippen LogP contribution >= 0.6 is 0 Å². The molecule has 0 saturated carbocycles. The Labute approximate surface area is 227 Å². The van der Waals surface area contributed by atoms with Crippen molar-refractivity contribution < 1.29 is 53.1 Å². The van der Waals surface area contributed by atoms with Crippen LogP contribution in [0.4, 0.5) is 0 Å². The summed E-state index contributed by atoms with van der Waals surface area (Å²) in [7, 11) is 0. The smallest absolute Gasteiger partial charge is 0.324 e. The maximum atomic E-state index is 12.0.